The molecule has 104 valence electrons. The highest BCUT2D eigenvalue weighted by molar-refractivity contribution is 6.02. The Balaban J connectivity index is 2.20. The molecule has 1 aromatic carbocycles. The van der Waals surface area contributed by atoms with Crippen LogP contribution in [0.2, 0.25) is 0 Å². The average molecular weight is 271 g/mol. The number of rotatable bonds is 3. The molecule has 20 heavy (non-hydrogen) atoms. The lowest BCUT2D eigenvalue weighted by Crippen LogP contribution is -2.31. The molecule has 0 aromatic heterocycles. The van der Waals surface area contributed by atoms with Crippen molar-refractivity contribution in [2.75, 3.05) is 6.61 Å². The van der Waals surface area contributed by atoms with E-state index in [1.807, 2.05) is 31.2 Å². The molecule has 0 radical (unpaired) electrons. The van der Waals surface area contributed by atoms with E-state index in [0.29, 0.717) is 19.3 Å². The van der Waals surface area contributed by atoms with Gasteiger partial charge in [-0.1, -0.05) is 24.0 Å². The third-order valence-corrected chi connectivity index (χ3v) is 3.32. The molecular formula is C16H17NO3. The smallest absolute Gasteiger partial charge is 0.230 e. The predicted molar refractivity (Wildman–Crippen MR) is 74.5 cm³/mol. The summed E-state index contributed by atoms with van der Waals surface area (Å²) in [6.07, 6.45) is 1.04. The second-order valence-corrected chi connectivity index (χ2v) is 4.73. The summed E-state index contributed by atoms with van der Waals surface area (Å²) in [5.74, 6) is 5.59. The Morgan fingerprint density at radius 3 is 2.65 bits per heavy atom. The van der Waals surface area contributed by atoms with Crippen LogP contribution < -0.4 is 0 Å². The molecular weight excluding hydrogens is 254 g/mol. The van der Waals surface area contributed by atoms with Gasteiger partial charge in [0, 0.05) is 24.8 Å². The molecule has 1 fully saturated rings. The van der Waals surface area contributed by atoms with Crippen LogP contribution in [0.1, 0.15) is 43.4 Å². The number of imide groups is 1. The maximum absolute atomic E-state index is 11.7. The molecule has 1 saturated heterocycles. The van der Waals surface area contributed by atoms with Gasteiger partial charge in [-0.15, -0.1) is 0 Å². The maximum Gasteiger partial charge on any atom is 0.230 e. The quantitative estimate of drug-likeness (QED) is 0.671. The topological polar surface area (TPSA) is 57.6 Å². The number of carbonyl (C=O) groups excluding carboxylic acids is 2. The van der Waals surface area contributed by atoms with E-state index in [0.717, 1.165) is 11.1 Å². The van der Waals surface area contributed by atoms with Crippen molar-refractivity contribution in [3.63, 3.8) is 0 Å². The van der Waals surface area contributed by atoms with Crippen LogP contribution in [0.3, 0.4) is 0 Å². The first-order valence-electron chi connectivity index (χ1n) is 6.68. The standard InChI is InChI=1S/C16H17NO3/c1-12(17-15(19)8-9-16(17)20)14-7-4-6-13(11-14)5-2-3-10-18/h4,6-7,11-12,18H,3,8-10H2,1H3. The summed E-state index contributed by atoms with van der Waals surface area (Å²) in [4.78, 5) is 24.8. The van der Waals surface area contributed by atoms with Gasteiger partial charge in [-0.2, -0.15) is 0 Å². The zero-order valence-electron chi connectivity index (χ0n) is 11.4. The van der Waals surface area contributed by atoms with Gasteiger partial charge >= 0.3 is 0 Å². The van der Waals surface area contributed by atoms with Crippen molar-refractivity contribution >= 4 is 11.8 Å². The fraction of sp³-hybridized carbons (Fsp3) is 0.375. The number of likely N-dealkylation sites (tertiary alicyclic amines) is 1. The zero-order chi connectivity index (χ0) is 14.5. The van der Waals surface area contributed by atoms with Crippen molar-refractivity contribution in [2.24, 2.45) is 0 Å². The van der Waals surface area contributed by atoms with Gasteiger partial charge in [0.2, 0.25) is 11.8 Å². The number of amides is 2. The first kappa shape index (κ1) is 14.3. The van der Waals surface area contributed by atoms with Crippen LogP contribution in [0, 0.1) is 11.8 Å². The summed E-state index contributed by atoms with van der Waals surface area (Å²) in [6.45, 7) is 1.89. The van der Waals surface area contributed by atoms with Gasteiger partial charge in [-0.25, -0.2) is 0 Å². The molecule has 2 amide bonds. The molecule has 2 rings (SSSR count). The van der Waals surface area contributed by atoms with Crippen LogP contribution in [0.5, 0.6) is 0 Å². The first-order valence-corrected chi connectivity index (χ1v) is 6.68. The lowest BCUT2D eigenvalue weighted by atomic mass is 10.0. The van der Waals surface area contributed by atoms with Crippen molar-refractivity contribution in [3.8, 4) is 11.8 Å². The summed E-state index contributed by atoms with van der Waals surface area (Å²) in [5.41, 5.74) is 1.71. The molecule has 1 unspecified atom stereocenters. The molecule has 0 spiro atoms. The van der Waals surface area contributed by atoms with Crippen molar-refractivity contribution in [3.05, 3.63) is 35.4 Å². The van der Waals surface area contributed by atoms with Gasteiger partial charge in [0.15, 0.2) is 0 Å². The highest BCUT2D eigenvalue weighted by atomic mass is 16.2. The van der Waals surface area contributed by atoms with E-state index in [1.165, 1.54) is 4.90 Å². The number of carbonyl (C=O) groups is 2. The summed E-state index contributed by atoms with van der Waals surface area (Å²) in [5, 5.41) is 8.70. The third-order valence-electron chi connectivity index (χ3n) is 3.32. The second-order valence-electron chi connectivity index (χ2n) is 4.73. The highest BCUT2D eigenvalue weighted by Gasteiger charge is 2.33. The van der Waals surface area contributed by atoms with Crippen LogP contribution in [-0.4, -0.2) is 28.4 Å². The van der Waals surface area contributed by atoms with E-state index < -0.39 is 0 Å². The summed E-state index contributed by atoms with van der Waals surface area (Å²) in [7, 11) is 0. The molecule has 4 heteroatoms. The second kappa shape index (κ2) is 6.36. The fourth-order valence-corrected chi connectivity index (χ4v) is 2.27. The van der Waals surface area contributed by atoms with Gasteiger partial charge in [0.25, 0.3) is 0 Å². The van der Waals surface area contributed by atoms with E-state index >= 15 is 0 Å². The molecule has 4 nitrogen and oxygen atoms in total. The molecule has 0 saturated carbocycles. The molecule has 0 bridgehead atoms. The summed E-state index contributed by atoms with van der Waals surface area (Å²) >= 11 is 0. The Kier molecular flexibility index (Phi) is 4.54. The van der Waals surface area contributed by atoms with E-state index in [1.54, 1.807) is 0 Å². The average Bonchev–Trinajstić information content (AvgIpc) is 2.78. The van der Waals surface area contributed by atoms with Crippen molar-refractivity contribution in [1.82, 2.24) is 4.90 Å². The minimum Gasteiger partial charge on any atom is -0.395 e. The van der Waals surface area contributed by atoms with Gasteiger partial charge in [-0.3, -0.25) is 14.5 Å². The van der Waals surface area contributed by atoms with Crippen LogP contribution in [0.4, 0.5) is 0 Å². The summed E-state index contributed by atoms with van der Waals surface area (Å²) < 4.78 is 0. The third kappa shape index (κ3) is 3.06. The number of benzene rings is 1. The van der Waals surface area contributed by atoms with E-state index in [9.17, 15) is 9.59 Å². The number of nitrogens with zero attached hydrogens (tertiary/aromatic N) is 1. The van der Waals surface area contributed by atoms with Gasteiger partial charge in [0.1, 0.15) is 0 Å². The lowest BCUT2D eigenvalue weighted by Gasteiger charge is -2.22. The van der Waals surface area contributed by atoms with E-state index in [4.69, 9.17) is 5.11 Å². The Hall–Kier alpha value is -2.12. The normalized spacial score (nSPS) is 16.0. The molecule has 0 aliphatic carbocycles. The van der Waals surface area contributed by atoms with Crippen LogP contribution in [0.15, 0.2) is 24.3 Å². The van der Waals surface area contributed by atoms with E-state index in [-0.39, 0.29) is 24.5 Å². The summed E-state index contributed by atoms with van der Waals surface area (Å²) in [6, 6.07) is 7.24. The highest BCUT2D eigenvalue weighted by Crippen LogP contribution is 2.26. The largest absolute Gasteiger partial charge is 0.395 e. The van der Waals surface area contributed by atoms with Crippen LogP contribution >= 0.6 is 0 Å². The Morgan fingerprint density at radius 1 is 1.30 bits per heavy atom. The van der Waals surface area contributed by atoms with Crippen molar-refractivity contribution in [1.29, 1.82) is 0 Å². The monoisotopic (exact) mass is 271 g/mol. The van der Waals surface area contributed by atoms with Gasteiger partial charge < -0.3 is 5.11 Å². The lowest BCUT2D eigenvalue weighted by molar-refractivity contribution is -0.140. The van der Waals surface area contributed by atoms with Gasteiger partial charge in [0.05, 0.1) is 12.6 Å². The molecule has 1 heterocycles. The molecule has 1 aliphatic rings. The van der Waals surface area contributed by atoms with E-state index in [2.05, 4.69) is 11.8 Å². The van der Waals surface area contributed by atoms with Gasteiger partial charge in [-0.05, 0) is 24.6 Å². The molecule has 1 aliphatic heterocycles. The Labute approximate surface area is 118 Å². The van der Waals surface area contributed by atoms with Crippen LogP contribution in [0.25, 0.3) is 0 Å². The number of hydrogen-bond acceptors (Lipinski definition) is 3. The van der Waals surface area contributed by atoms with Crippen molar-refractivity contribution in [2.45, 2.75) is 32.2 Å². The zero-order valence-corrected chi connectivity index (χ0v) is 11.4. The van der Waals surface area contributed by atoms with Crippen molar-refractivity contribution < 1.29 is 14.7 Å². The SMILES string of the molecule is CC(c1cccc(C#CCCO)c1)N1C(=O)CCC1=O. The number of hydrogen-bond donors (Lipinski definition) is 1. The fourth-order valence-electron chi connectivity index (χ4n) is 2.27. The Morgan fingerprint density at radius 2 is 2.00 bits per heavy atom. The first-order chi connectivity index (χ1) is 9.63. The van der Waals surface area contributed by atoms with Crippen LogP contribution in [-0.2, 0) is 9.59 Å². The minimum absolute atomic E-state index is 0.0415. The minimum atomic E-state index is -0.267. The number of aliphatic hydroxyl groups excluding tert-OH is 1. The number of aliphatic hydroxyl groups is 1. The molecule has 1 aromatic rings. The molecule has 1 N–H and O–H groups in total. The maximum atomic E-state index is 11.7. The molecule has 1 atom stereocenters. The Bertz CT molecular complexity index is 567. The predicted octanol–water partition coefficient (Wildman–Crippen LogP) is 1.63.